The van der Waals surface area contributed by atoms with Gasteiger partial charge >= 0.3 is 0 Å². The number of rotatable bonds is 3. The van der Waals surface area contributed by atoms with Crippen molar-refractivity contribution in [3.05, 3.63) is 12.2 Å². The molecule has 1 fully saturated rings. The van der Waals surface area contributed by atoms with Gasteiger partial charge in [0.15, 0.2) is 0 Å². The van der Waals surface area contributed by atoms with Crippen molar-refractivity contribution >= 4 is 0 Å². The molecule has 0 radical (unpaired) electrons. The van der Waals surface area contributed by atoms with Crippen LogP contribution in [0.25, 0.3) is 0 Å². The highest BCUT2D eigenvalue weighted by atomic mass is 15.2. The molecular formula is C11H21N. The van der Waals surface area contributed by atoms with Crippen LogP contribution < -0.4 is 0 Å². The van der Waals surface area contributed by atoms with Crippen molar-refractivity contribution in [2.45, 2.75) is 39.7 Å². The lowest BCUT2D eigenvalue weighted by Gasteiger charge is -2.20. The number of nitrogens with zero attached hydrogens (tertiary/aromatic N) is 1. The molecular weight excluding hydrogens is 146 g/mol. The van der Waals surface area contributed by atoms with Crippen molar-refractivity contribution < 1.29 is 0 Å². The first-order chi connectivity index (χ1) is 5.77. The SMILES string of the molecule is CC=CC1CC(C)CN1CCC. The van der Waals surface area contributed by atoms with Crippen LogP contribution in [-0.2, 0) is 0 Å². The molecule has 0 spiro atoms. The van der Waals surface area contributed by atoms with E-state index in [4.69, 9.17) is 0 Å². The van der Waals surface area contributed by atoms with Gasteiger partial charge in [-0.1, -0.05) is 26.0 Å². The fourth-order valence-corrected chi connectivity index (χ4v) is 2.14. The predicted molar refractivity (Wildman–Crippen MR) is 54.2 cm³/mol. The van der Waals surface area contributed by atoms with Crippen LogP contribution in [-0.4, -0.2) is 24.0 Å². The predicted octanol–water partition coefficient (Wildman–Crippen LogP) is 2.68. The lowest BCUT2D eigenvalue weighted by molar-refractivity contribution is 0.285. The first kappa shape index (κ1) is 9.79. The molecule has 1 nitrogen and oxygen atoms in total. The molecule has 0 bridgehead atoms. The average Bonchev–Trinajstić information content (AvgIpc) is 2.33. The zero-order chi connectivity index (χ0) is 8.97. The number of likely N-dealkylation sites (tertiary alicyclic amines) is 1. The van der Waals surface area contributed by atoms with E-state index in [2.05, 4.69) is 37.8 Å². The highest BCUT2D eigenvalue weighted by Gasteiger charge is 2.26. The fourth-order valence-electron chi connectivity index (χ4n) is 2.14. The molecule has 1 rings (SSSR count). The quantitative estimate of drug-likeness (QED) is 0.584. The average molecular weight is 167 g/mol. The molecule has 0 amide bonds. The molecule has 0 aromatic heterocycles. The van der Waals surface area contributed by atoms with E-state index in [0.717, 1.165) is 12.0 Å². The Morgan fingerprint density at radius 2 is 2.25 bits per heavy atom. The first-order valence-corrected chi connectivity index (χ1v) is 5.14. The van der Waals surface area contributed by atoms with E-state index in [0.29, 0.717) is 0 Å². The number of allylic oxidation sites excluding steroid dienone is 1. The van der Waals surface area contributed by atoms with Gasteiger partial charge in [0, 0.05) is 12.6 Å². The molecule has 0 N–H and O–H groups in total. The largest absolute Gasteiger partial charge is 0.297 e. The second-order valence-corrected chi connectivity index (χ2v) is 3.93. The van der Waals surface area contributed by atoms with Crippen LogP contribution in [0, 0.1) is 5.92 Å². The summed E-state index contributed by atoms with van der Waals surface area (Å²) in [5, 5.41) is 0. The van der Waals surface area contributed by atoms with Gasteiger partial charge in [-0.15, -0.1) is 0 Å². The summed E-state index contributed by atoms with van der Waals surface area (Å²) in [6.45, 7) is 9.29. The Balaban J connectivity index is 2.47. The summed E-state index contributed by atoms with van der Waals surface area (Å²) in [6.07, 6.45) is 7.16. The molecule has 1 aliphatic heterocycles. The van der Waals surface area contributed by atoms with Gasteiger partial charge in [0.2, 0.25) is 0 Å². The normalized spacial score (nSPS) is 31.9. The van der Waals surface area contributed by atoms with E-state index in [9.17, 15) is 0 Å². The minimum absolute atomic E-state index is 0.727. The van der Waals surface area contributed by atoms with E-state index < -0.39 is 0 Å². The summed E-state index contributed by atoms with van der Waals surface area (Å²) >= 11 is 0. The maximum Gasteiger partial charge on any atom is 0.0281 e. The molecule has 1 heterocycles. The highest BCUT2D eigenvalue weighted by molar-refractivity contribution is 4.97. The second-order valence-electron chi connectivity index (χ2n) is 3.93. The number of hydrogen-bond donors (Lipinski definition) is 0. The van der Waals surface area contributed by atoms with E-state index in [1.165, 1.54) is 25.9 Å². The molecule has 0 aromatic rings. The Kier molecular flexibility index (Phi) is 3.80. The van der Waals surface area contributed by atoms with Crippen molar-refractivity contribution in [2.24, 2.45) is 5.92 Å². The number of hydrogen-bond acceptors (Lipinski definition) is 1. The third-order valence-corrected chi connectivity index (χ3v) is 2.58. The van der Waals surface area contributed by atoms with Gasteiger partial charge in [-0.25, -0.2) is 0 Å². The van der Waals surface area contributed by atoms with Crippen molar-refractivity contribution in [1.29, 1.82) is 0 Å². The third kappa shape index (κ3) is 2.34. The van der Waals surface area contributed by atoms with E-state index in [1.54, 1.807) is 0 Å². The van der Waals surface area contributed by atoms with Gasteiger partial charge < -0.3 is 0 Å². The molecule has 0 saturated carbocycles. The van der Waals surface area contributed by atoms with Crippen molar-refractivity contribution in [1.82, 2.24) is 4.90 Å². The van der Waals surface area contributed by atoms with Crippen LogP contribution in [0.15, 0.2) is 12.2 Å². The first-order valence-electron chi connectivity index (χ1n) is 5.14. The van der Waals surface area contributed by atoms with Crippen LogP contribution in [0.4, 0.5) is 0 Å². The summed E-state index contributed by atoms with van der Waals surface area (Å²) in [5.41, 5.74) is 0. The van der Waals surface area contributed by atoms with Crippen LogP contribution >= 0.6 is 0 Å². The summed E-state index contributed by atoms with van der Waals surface area (Å²) in [6, 6.07) is 0.727. The summed E-state index contributed by atoms with van der Waals surface area (Å²) in [4.78, 5) is 2.60. The zero-order valence-electron chi connectivity index (χ0n) is 8.59. The minimum Gasteiger partial charge on any atom is -0.297 e. The standard InChI is InChI=1S/C11H21N/c1-4-6-11-8-10(3)9-12(11)7-5-2/h4,6,10-11H,5,7-9H2,1-3H3. The van der Waals surface area contributed by atoms with Crippen molar-refractivity contribution in [3.63, 3.8) is 0 Å². The molecule has 1 aliphatic rings. The van der Waals surface area contributed by atoms with Crippen molar-refractivity contribution in [3.8, 4) is 0 Å². The highest BCUT2D eigenvalue weighted by Crippen LogP contribution is 2.23. The van der Waals surface area contributed by atoms with Gasteiger partial charge in [-0.3, -0.25) is 4.90 Å². The van der Waals surface area contributed by atoms with Gasteiger partial charge in [0.1, 0.15) is 0 Å². The van der Waals surface area contributed by atoms with Crippen LogP contribution in [0.3, 0.4) is 0 Å². The van der Waals surface area contributed by atoms with Crippen LogP contribution in [0.2, 0.25) is 0 Å². The molecule has 1 saturated heterocycles. The Labute approximate surface area is 76.5 Å². The Morgan fingerprint density at radius 1 is 1.50 bits per heavy atom. The Hall–Kier alpha value is -0.300. The van der Waals surface area contributed by atoms with E-state index in [-0.39, 0.29) is 0 Å². The van der Waals surface area contributed by atoms with Gasteiger partial charge in [0.05, 0.1) is 0 Å². The van der Waals surface area contributed by atoms with E-state index in [1.807, 2.05) is 0 Å². The summed E-state index contributed by atoms with van der Waals surface area (Å²) < 4.78 is 0. The molecule has 1 heteroatoms. The van der Waals surface area contributed by atoms with E-state index >= 15 is 0 Å². The third-order valence-electron chi connectivity index (χ3n) is 2.58. The molecule has 12 heavy (non-hydrogen) atoms. The zero-order valence-corrected chi connectivity index (χ0v) is 8.59. The molecule has 0 aromatic carbocycles. The topological polar surface area (TPSA) is 3.24 Å². The Bertz CT molecular complexity index is 151. The summed E-state index contributed by atoms with van der Waals surface area (Å²) in [7, 11) is 0. The van der Waals surface area contributed by atoms with Crippen LogP contribution in [0.5, 0.6) is 0 Å². The van der Waals surface area contributed by atoms with Crippen molar-refractivity contribution in [2.75, 3.05) is 13.1 Å². The van der Waals surface area contributed by atoms with Gasteiger partial charge in [-0.05, 0) is 32.2 Å². The maximum atomic E-state index is 2.60. The molecule has 0 aliphatic carbocycles. The molecule has 70 valence electrons. The minimum atomic E-state index is 0.727. The fraction of sp³-hybridized carbons (Fsp3) is 0.818. The maximum absolute atomic E-state index is 2.60. The second kappa shape index (κ2) is 4.66. The lowest BCUT2D eigenvalue weighted by atomic mass is 10.1. The lowest BCUT2D eigenvalue weighted by Crippen LogP contribution is -2.28. The molecule has 2 atom stereocenters. The molecule has 2 unspecified atom stereocenters. The van der Waals surface area contributed by atoms with Crippen LogP contribution in [0.1, 0.15) is 33.6 Å². The monoisotopic (exact) mass is 167 g/mol. The van der Waals surface area contributed by atoms with Gasteiger partial charge in [-0.2, -0.15) is 0 Å². The summed E-state index contributed by atoms with van der Waals surface area (Å²) in [5.74, 6) is 0.887. The Morgan fingerprint density at radius 3 is 2.83 bits per heavy atom. The smallest absolute Gasteiger partial charge is 0.0281 e. The van der Waals surface area contributed by atoms with Gasteiger partial charge in [0.25, 0.3) is 0 Å².